The van der Waals surface area contributed by atoms with Gasteiger partial charge in [0.2, 0.25) is 11.8 Å². The molecule has 1 atom stereocenters. The lowest BCUT2D eigenvalue weighted by atomic mass is 10.1. The van der Waals surface area contributed by atoms with E-state index < -0.39 is 17.9 Å². The number of nitrogens with one attached hydrogen (secondary N) is 1. The Morgan fingerprint density at radius 1 is 1.25 bits per heavy atom. The SMILES string of the molecule is CC(=O)N(C)CC(=O)N[C@H](Cc1ccccc1)C(=O)O. The maximum absolute atomic E-state index is 11.7. The van der Waals surface area contributed by atoms with E-state index >= 15 is 0 Å². The van der Waals surface area contributed by atoms with Crippen LogP contribution in [0.15, 0.2) is 30.3 Å². The molecule has 0 aromatic heterocycles. The van der Waals surface area contributed by atoms with E-state index in [0.29, 0.717) is 0 Å². The molecule has 2 N–H and O–H groups in total. The first-order valence-corrected chi connectivity index (χ1v) is 6.18. The third kappa shape index (κ3) is 5.09. The van der Waals surface area contributed by atoms with Gasteiger partial charge in [-0.05, 0) is 5.56 Å². The van der Waals surface area contributed by atoms with Gasteiger partial charge in [0.05, 0.1) is 6.54 Å². The molecule has 0 radical (unpaired) electrons. The molecule has 0 saturated carbocycles. The summed E-state index contributed by atoms with van der Waals surface area (Å²) >= 11 is 0. The lowest BCUT2D eigenvalue weighted by molar-refractivity contribution is -0.142. The van der Waals surface area contributed by atoms with E-state index in [2.05, 4.69) is 5.32 Å². The summed E-state index contributed by atoms with van der Waals surface area (Å²) in [7, 11) is 1.48. The van der Waals surface area contributed by atoms with Crippen molar-refractivity contribution >= 4 is 17.8 Å². The van der Waals surface area contributed by atoms with E-state index in [1.54, 1.807) is 24.3 Å². The molecule has 1 aromatic carbocycles. The minimum absolute atomic E-state index is 0.159. The van der Waals surface area contributed by atoms with Gasteiger partial charge in [-0.15, -0.1) is 0 Å². The predicted octanol–water partition coefficient (Wildman–Crippen LogP) is 0.277. The second-order valence-electron chi connectivity index (χ2n) is 4.52. The summed E-state index contributed by atoms with van der Waals surface area (Å²) in [6.45, 7) is 1.18. The summed E-state index contributed by atoms with van der Waals surface area (Å²) in [6, 6.07) is 8.03. The number of benzene rings is 1. The van der Waals surface area contributed by atoms with Gasteiger partial charge in [0.15, 0.2) is 0 Å². The van der Waals surface area contributed by atoms with Crippen LogP contribution < -0.4 is 5.32 Å². The van der Waals surface area contributed by atoms with Gasteiger partial charge in [-0.1, -0.05) is 30.3 Å². The molecular weight excluding hydrogens is 260 g/mol. The number of rotatable bonds is 6. The number of aliphatic carboxylic acids is 1. The topological polar surface area (TPSA) is 86.7 Å². The zero-order valence-electron chi connectivity index (χ0n) is 11.5. The Balaban J connectivity index is 2.62. The van der Waals surface area contributed by atoms with Crippen LogP contribution >= 0.6 is 0 Å². The highest BCUT2D eigenvalue weighted by molar-refractivity contribution is 5.87. The van der Waals surface area contributed by atoms with Crippen molar-refractivity contribution in [2.24, 2.45) is 0 Å². The van der Waals surface area contributed by atoms with Crippen LogP contribution in [-0.2, 0) is 20.8 Å². The molecule has 108 valence electrons. The molecule has 2 amide bonds. The molecule has 1 aromatic rings. The first kappa shape index (κ1) is 15.7. The molecule has 0 bridgehead atoms. The molecular formula is C14H18N2O4. The highest BCUT2D eigenvalue weighted by Gasteiger charge is 2.21. The number of carboxylic acid groups (broad SMARTS) is 1. The van der Waals surface area contributed by atoms with Gasteiger partial charge in [0.1, 0.15) is 6.04 Å². The van der Waals surface area contributed by atoms with Gasteiger partial charge in [0.25, 0.3) is 0 Å². The molecule has 0 fully saturated rings. The number of amides is 2. The van der Waals surface area contributed by atoms with Crippen molar-refractivity contribution in [1.82, 2.24) is 10.2 Å². The van der Waals surface area contributed by atoms with Gasteiger partial charge in [-0.25, -0.2) is 4.79 Å². The normalized spacial score (nSPS) is 11.5. The number of nitrogens with zero attached hydrogens (tertiary/aromatic N) is 1. The number of hydrogen-bond donors (Lipinski definition) is 2. The summed E-state index contributed by atoms with van der Waals surface area (Å²) < 4.78 is 0. The fourth-order valence-corrected chi connectivity index (χ4v) is 1.62. The third-order valence-electron chi connectivity index (χ3n) is 2.83. The number of carbonyl (C=O) groups excluding carboxylic acids is 2. The Labute approximate surface area is 117 Å². The summed E-state index contributed by atoms with van der Waals surface area (Å²) in [5.74, 6) is -1.85. The van der Waals surface area contributed by atoms with Crippen LogP contribution in [-0.4, -0.2) is 47.4 Å². The van der Waals surface area contributed by atoms with Gasteiger partial charge in [0, 0.05) is 20.4 Å². The summed E-state index contributed by atoms with van der Waals surface area (Å²) in [6.07, 6.45) is 0.200. The zero-order valence-corrected chi connectivity index (χ0v) is 11.5. The first-order chi connectivity index (χ1) is 9.40. The molecule has 0 saturated heterocycles. The minimum atomic E-state index is -1.10. The van der Waals surface area contributed by atoms with Crippen LogP contribution in [0.3, 0.4) is 0 Å². The van der Waals surface area contributed by atoms with Gasteiger partial charge >= 0.3 is 5.97 Å². The Hall–Kier alpha value is -2.37. The summed E-state index contributed by atoms with van der Waals surface area (Å²) in [5.41, 5.74) is 0.820. The number of carboxylic acids is 1. The molecule has 6 nitrogen and oxygen atoms in total. The van der Waals surface area contributed by atoms with Gasteiger partial charge in [-0.3, -0.25) is 9.59 Å². The van der Waals surface area contributed by atoms with E-state index in [1.165, 1.54) is 18.9 Å². The van der Waals surface area contributed by atoms with Crippen LogP contribution in [0.5, 0.6) is 0 Å². The average molecular weight is 278 g/mol. The van der Waals surface area contributed by atoms with E-state index in [0.717, 1.165) is 5.56 Å². The molecule has 0 unspecified atom stereocenters. The van der Waals surface area contributed by atoms with Gasteiger partial charge < -0.3 is 15.3 Å². The molecule has 0 aliphatic heterocycles. The van der Waals surface area contributed by atoms with E-state index in [4.69, 9.17) is 5.11 Å². The number of likely N-dealkylation sites (N-methyl/N-ethyl adjacent to an activating group) is 1. The molecule has 1 rings (SSSR count). The maximum Gasteiger partial charge on any atom is 0.326 e. The van der Waals surface area contributed by atoms with E-state index in [-0.39, 0.29) is 18.9 Å². The molecule has 20 heavy (non-hydrogen) atoms. The largest absolute Gasteiger partial charge is 0.480 e. The minimum Gasteiger partial charge on any atom is -0.480 e. The van der Waals surface area contributed by atoms with E-state index in [9.17, 15) is 14.4 Å². The van der Waals surface area contributed by atoms with Crippen molar-refractivity contribution in [3.63, 3.8) is 0 Å². The summed E-state index contributed by atoms with van der Waals surface area (Å²) in [4.78, 5) is 35.1. The second kappa shape index (κ2) is 7.28. The second-order valence-corrected chi connectivity index (χ2v) is 4.52. The van der Waals surface area contributed by atoms with E-state index in [1.807, 2.05) is 6.07 Å². The molecule has 0 aliphatic carbocycles. The highest BCUT2D eigenvalue weighted by Crippen LogP contribution is 2.03. The molecule has 6 heteroatoms. The van der Waals surface area contributed by atoms with Crippen molar-refractivity contribution in [2.75, 3.05) is 13.6 Å². The van der Waals surface area contributed by atoms with Crippen LogP contribution in [0, 0.1) is 0 Å². The van der Waals surface area contributed by atoms with Crippen LogP contribution in [0.4, 0.5) is 0 Å². The Bertz CT molecular complexity index is 487. The third-order valence-corrected chi connectivity index (χ3v) is 2.83. The van der Waals surface area contributed by atoms with Crippen molar-refractivity contribution in [3.8, 4) is 0 Å². The van der Waals surface area contributed by atoms with Crippen LogP contribution in [0.2, 0.25) is 0 Å². The molecule has 0 spiro atoms. The Morgan fingerprint density at radius 3 is 2.35 bits per heavy atom. The fraction of sp³-hybridized carbons (Fsp3) is 0.357. The maximum atomic E-state index is 11.7. The fourth-order valence-electron chi connectivity index (χ4n) is 1.62. The number of hydrogen-bond acceptors (Lipinski definition) is 3. The Kier molecular flexibility index (Phi) is 5.71. The predicted molar refractivity (Wildman–Crippen MR) is 73.0 cm³/mol. The van der Waals surface area contributed by atoms with Gasteiger partial charge in [-0.2, -0.15) is 0 Å². The van der Waals surface area contributed by atoms with Crippen molar-refractivity contribution in [1.29, 1.82) is 0 Å². The first-order valence-electron chi connectivity index (χ1n) is 6.18. The monoisotopic (exact) mass is 278 g/mol. The zero-order chi connectivity index (χ0) is 15.1. The standard InChI is InChI=1S/C14H18N2O4/c1-10(17)16(2)9-13(18)15-12(14(19)20)8-11-6-4-3-5-7-11/h3-7,12H,8-9H2,1-2H3,(H,15,18)(H,19,20)/t12-/m1/s1. The smallest absolute Gasteiger partial charge is 0.326 e. The van der Waals surface area contributed by atoms with Crippen molar-refractivity contribution < 1.29 is 19.5 Å². The lowest BCUT2D eigenvalue weighted by Crippen LogP contribution is -2.46. The highest BCUT2D eigenvalue weighted by atomic mass is 16.4. The Morgan fingerprint density at radius 2 is 1.85 bits per heavy atom. The molecule has 0 heterocycles. The van der Waals surface area contributed by atoms with Crippen LogP contribution in [0.25, 0.3) is 0 Å². The lowest BCUT2D eigenvalue weighted by Gasteiger charge is -2.18. The van der Waals surface area contributed by atoms with Crippen molar-refractivity contribution in [3.05, 3.63) is 35.9 Å². The average Bonchev–Trinajstić information content (AvgIpc) is 2.38. The quantitative estimate of drug-likeness (QED) is 0.782. The molecule has 0 aliphatic rings. The van der Waals surface area contributed by atoms with Crippen LogP contribution in [0.1, 0.15) is 12.5 Å². The number of carbonyl (C=O) groups is 3. The summed E-state index contributed by atoms with van der Waals surface area (Å²) in [5, 5.41) is 11.5. The van der Waals surface area contributed by atoms with Crippen molar-refractivity contribution in [2.45, 2.75) is 19.4 Å².